The molecule has 1 aliphatic carbocycles. The van der Waals surface area contributed by atoms with Crippen LogP contribution in [-0.4, -0.2) is 16.0 Å². The molecule has 0 amide bonds. The minimum atomic E-state index is -0.805. The molecule has 4 atom stereocenters. The number of nitrogens with two attached hydrogens (primary N) is 1. The fourth-order valence-corrected chi connectivity index (χ4v) is 5.34. The third kappa shape index (κ3) is 3.92. The Kier molecular flexibility index (Phi) is 5.39. The number of hydrogen-bond donors (Lipinski definition) is 1. The molecule has 0 spiro atoms. The predicted octanol–water partition coefficient (Wildman–Crippen LogP) is 3.32. The number of benzene rings is 1. The van der Waals surface area contributed by atoms with Gasteiger partial charge in [0.2, 0.25) is 0 Å². The van der Waals surface area contributed by atoms with Crippen molar-refractivity contribution in [1.29, 1.82) is 0 Å². The Labute approximate surface area is 125 Å². The van der Waals surface area contributed by atoms with Gasteiger partial charge < -0.3 is 5.73 Å². The van der Waals surface area contributed by atoms with Crippen LogP contribution in [0.1, 0.15) is 42.9 Å². The quantitative estimate of drug-likeness (QED) is 0.925. The van der Waals surface area contributed by atoms with E-state index in [0.717, 1.165) is 12.8 Å². The van der Waals surface area contributed by atoms with Gasteiger partial charge in [0.15, 0.2) is 0 Å². The van der Waals surface area contributed by atoms with Crippen LogP contribution in [0.25, 0.3) is 0 Å². The molecule has 0 bridgehead atoms. The van der Waals surface area contributed by atoms with Gasteiger partial charge in [-0.2, -0.15) is 0 Å². The fraction of sp³-hybridized carbons (Fsp3) is 0.647. The molecule has 1 aromatic carbocycles. The summed E-state index contributed by atoms with van der Waals surface area (Å²) in [5.41, 5.74) is 9.60. The maximum absolute atomic E-state index is 12.8. The SMILES string of the molecule is Cc1cc(C)cc(CS(=O)C2CC(C)CCC2CN)c1. The summed E-state index contributed by atoms with van der Waals surface area (Å²) < 4.78 is 12.8. The minimum Gasteiger partial charge on any atom is -0.330 e. The van der Waals surface area contributed by atoms with Crippen molar-refractivity contribution in [3.05, 3.63) is 34.9 Å². The third-order valence-electron chi connectivity index (χ3n) is 4.42. The highest BCUT2D eigenvalue weighted by Gasteiger charge is 2.31. The highest BCUT2D eigenvalue weighted by Crippen LogP contribution is 2.32. The fourth-order valence-electron chi connectivity index (χ4n) is 3.41. The maximum Gasteiger partial charge on any atom is 0.0488 e. The first-order valence-electron chi connectivity index (χ1n) is 7.64. The van der Waals surface area contributed by atoms with Crippen LogP contribution in [0.3, 0.4) is 0 Å². The zero-order chi connectivity index (χ0) is 14.7. The van der Waals surface area contributed by atoms with Gasteiger partial charge in [0.05, 0.1) is 0 Å². The molecule has 1 fully saturated rings. The molecule has 0 heterocycles. The average molecular weight is 293 g/mol. The molecule has 20 heavy (non-hydrogen) atoms. The van der Waals surface area contributed by atoms with Crippen LogP contribution >= 0.6 is 0 Å². The lowest BCUT2D eigenvalue weighted by atomic mass is 9.82. The van der Waals surface area contributed by atoms with E-state index in [1.54, 1.807) is 0 Å². The Morgan fingerprint density at radius 3 is 2.45 bits per heavy atom. The summed E-state index contributed by atoms with van der Waals surface area (Å²) in [4.78, 5) is 0. The summed E-state index contributed by atoms with van der Waals surface area (Å²) in [6, 6.07) is 6.49. The van der Waals surface area contributed by atoms with Gasteiger partial charge in [0, 0.05) is 21.8 Å². The van der Waals surface area contributed by atoms with E-state index in [9.17, 15) is 4.21 Å². The van der Waals surface area contributed by atoms with Crippen LogP contribution in [-0.2, 0) is 16.6 Å². The molecule has 2 N–H and O–H groups in total. The van der Waals surface area contributed by atoms with E-state index in [1.165, 1.54) is 23.1 Å². The third-order valence-corrected chi connectivity index (χ3v) is 6.29. The zero-order valence-electron chi connectivity index (χ0n) is 12.9. The summed E-state index contributed by atoms with van der Waals surface area (Å²) >= 11 is 0. The van der Waals surface area contributed by atoms with Crippen LogP contribution < -0.4 is 5.73 Å². The van der Waals surface area contributed by atoms with Crippen molar-refractivity contribution in [3.63, 3.8) is 0 Å². The molecule has 2 nitrogen and oxygen atoms in total. The largest absolute Gasteiger partial charge is 0.330 e. The molecular weight excluding hydrogens is 266 g/mol. The van der Waals surface area contributed by atoms with Gasteiger partial charge in [0.1, 0.15) is 0 Å². The Morgan fingerprint density at radius 2 is 1.85 bits per heavy atom. The molecule has 2 rings (SSSR count). The molecule has 0 saturated heterocycles. The highest BCUT2D eigenvalue weighted by atomic mass is 32.2. The van der Waals surface area contributed by atoms with Crippen molar-refractivity contribution in [2.24, 2.45) is 17.6 Å². The Morgan fingerprint density at radius 1 is 1.20 bits per heavy atom. The number of rotatable bonds is 4. The summed E-state index contributed by atoms with van der Waals surface area (Å²) in [5.74, 6) is 1.81. The van der Waals surface area contributed by atoms with Gasteiger partial charge in [-0.1, -0.05) is 42.7 Å². The van der Waals surface area contributed by atoms with Gasteiger partial charge in [-0.05, 0) is 50.6 Å². The maximum atomic E-state index is 12.8. The van der Waals surface area contributed by atoms with Crippen LogP contribution in [0.15, 0.2) is 18.2 Å². The minimum absolute atomic E-state index is 0.282. The summed E-state index contributed by atoms with van der Waals surface area (Å²) in [5, 5.41) is 0.282. The van der Waals surface area contributed by atoms with Crippen molar-refractivity contribution < 1.29 is 4.21 Å². The first-order chi connectivity index (χ1) is 9.49. The molecule has 0 aliphatic heterocycles. The second-order valence-electron chi connectivity index (χ2n) is 6.47. The average Bonchev–Trinajstić information content (AvgIpc) is 2.37. The van der Waals surface area contributed by atoms with Crippen molar-refractivity contribution in [2.75, 3.05) is 6.54 Å². The number of aryl methyl sites for hydroxylation is 2. The van der Waals surface area contributed by atoms with Gasteiger partial charge in [-0.15, -0.1) is 0 Å². The van der Waals surface area contributed by atoms with E-state index >= 15 is 0 Å². The second-order valence-corrected chi connectivity index (χ2v) is 8.13. The first-order valence-corrected chi connectivity index (χ1v) is 9.02. The van der Waals surface area contributed by atoms with Crippen molar-refractivity contribution in [1.82, 2.24) is 0 Å². The van der Waals surface area contributed by atoms with E-state index < -0.39 is 10.8 Å². The van der Waals surface area contributed by atoms with E-state index in [2.05, 4.69) is 39.0 Å². The van der Waals surface area contributed by atoms with Gasteiger partial charge in [-0.3, -0.25) is 4.21 Å². The van der Waals surface area contributed by atoms with Gasteiger partial charge >= 0.3 is 0 Å². The lowest BCUT2D eigenvalue weighted by molar-refractivity contribution is 0.302. The zero-order valence-corrected chi connectivity index (χ0v) is 13.7. The molecule has 4 unspecified atom stereocenters. The Hall–Kier alpha value is -0.670. The summed E-state index contributed by atoms with van der Waals surface area (Å²) in [6.07, 6.45) is 3.44. The normalized spacial score (nSPS) is 28.3. The molecule has 0 aromatic heterocycles. The molecular formula is C17H27NOS. The van der Waals surface area contributed by atoms with Crippen molar-refractivity contribution in [2.45, 2.75) is 51.0 Å². The first kappa shape index (κ1) is 15.7. The molecule has 1 saturated carbocycles. The van der Waals surface area contributed by atoms with E-state index in [4.69, 9.17) is 5.73 Å². The van der Waals surface area contributed by atoms with Gasteiger partial charge in [-0.25, -0.2) is 0 Å². The molecule has 1 aromatic rings. The van der Waals surface area contributed by atoms with Crippen LogP contribution in [0.2, 0.25) is 0 Å². The Bertz CT molecular complexity index is 466. The second kappa shape index (κ2) is 6.86. The topological polar surface area (TPSA) is 43.1 Å². The van der Waals surface area contributed by atoms with Gasteiger partial charge in [0.25, 0.3) is 0 Å². The monoisotopic (exact) mass is 293 g/mol. The van der Waals surface area contributed by atoms with E-state index in [0.29, 0.717) is 24.1 Å². The van der Waals surface area contributed by atoms with E-state index in [-0.39, 0.29) is 5.25 Å². The molecule has 112 valence electrons. The Balaban J connectivity index is 2.09. The lowest BCUT2D eigenvalue weighted by Crippen LogP contribution is -2.37. The molecule has 0 radical (unpaired) electrons. The molecule has 3 heteroatoms. The summed E-state index contributed by atoms with van der Waals surface area (Å²) in [6.45, 7) is 7.15. The smallest absolute Gasteiger partial charge is 0.0488 e. The standard InChI is InChI=1S/C17H27NOS/c1-12-4-5-16(10-18)17(9-12)20(19)11-15-7-13(2)6-14(3)8-15/h6-8,12,16-17H,4-5,9-11,18H2,1-3H3. The lowest BCUT2D eigenvalue weighted by Gasteiger charge is -2.33. The van der Waals surface area contributed by atoms with E-state index in [1.807, 2.05) is 0 Å². The highest BCUT2D eigenvalue weighted by molar-refractivity contribution is 7.84. The van der Waals surface area contributed by atoms with Crippen molar-refractivity contribution in [3.8, 4) is 0 Å². The predicted molar refractivity (Wildman–Crippen MR) is 87.1 cm³/mol. The van der Waals surface area contributed by atoms with Crippen LogP contribution in [0.5, 0.6) is 0 Å². The summed E-state index contributed by atoms with van der Waals surface area (Å²) in [7, 11) is -0.805. The van der Waals surface area contributed by atoms with Crippen molar-refractivity contribution >= 4 is 10.8 Å². The number of hydrogen-bond acceptors (Lipinski definition) is 2. The van der Waals surface area contributed by atoms with Crippen LogP contribution in [0, 0.1) is 25.7 Å². The van der Waals surface area contributed by atoms with Crippen LogP contribution in [0.4, 0.5) is 0 Å². The molecule has 1 aliphatic rings.